The summed E-state index contributed by atoms with van der Waals surface area (Å²) < 4.78 is 0. The van der Waals surface area contributed by atoms with Gasteiger partial charge in [0, 0.05) is 11.1 Å². The van der Waals surface area contributed by atoms with Crippen molar-refractivity contribution in [2.24, 2.45) is 11.3 Å². The summed E-state index contributed by atoms with van der Waals surface area (Å²) in [5, 5.41) is 0. The molecule has 92 valence electrons. The quantitative estimate of drug-likeness (QED) is 0.650. The van der Waals surface area contributed by atoms with Crippen LogP contribution in [0.1, 0.15) is 65.7 Å². The average molecular weight is 221 g/mol. The molecule has 1 spiro atoms. The first-order chi connectivity index (χ1) is 7.38. The van der Waals surface area contributed by atoms with Gasteiger partial charge in [0.2, 0.25) is 0 Å². The van der Waals surface area contributed by atoms with Gasteiger partial charge < -0.3 is 0 Å². The van der Waals surface area contributed by atoms with Crippen LogP contribution in [0.3, 0.4) is 0 Å². The zero-order valence-corrected chi connectivity index (χ0v) is 11.5. The molecule has 2 atom stereocenters. The molecular formula is C15H27N. The van der Waals surface area contributed by atoms with E-state index in [-0.39, 0.29) is 0 Å². The van der Waals surface area contributed by atoms with Crippen LogP contribution in [0.2, 0.25) is 0 Å². The molecule has 3 fully saturated rings. The molecule has 16 heavy (non-hydrogen) atoms. The van der Waals surface area contributed by atoms with Gasteiger partial charge in [-0.1, -0.05) is 27.2 Å². The van der Waals surface area contributed by atoms with Gasteiger partial charge in [0.15, 0.2) is 0 Å². The first-order valence-electron chi connectivity index (χ1n) is 7.12. The summed E-state index contributed by atoms with van der Waals surface area (Å²) in [7, 11) is 2.43. The van der Waals surface area contributed by atoms with Gasteiger partial charge in [-0.3, -0.25) is 4.90 Å². The molecule has 1 heteroatoms. The molecule has 1 heterocycles. The number of likely N-dealkylation sites (tertiary alicyclic amines) is 1. The zero-order valence-electron chi connectivity index (χ0n) is 11.5. The van der Waals surface area contributed by atoms with Gasteiger partial charge in [-0.2, -0.15) is 0 Å². The Morgan fingerprint density at radius 3 is 2.44 bits per heavy atom. The lowest BCUT2D eigenvalue weighted by Crippen LogP contribution is -2.48. The Morgan fingerprint density at radius 1 is 1.19 bits per heavy atom. The van der Waals surface area contributed by atoms with Crippen molar-refractivity contribution in [2.45, 2.75) is 76.8 Å². The Kier molecular flexibility index (Phi) is 2.11. The van der Waals surface area contributed by atoms with E-state index in [1.165, 1.54) is 44.9 Å². The highest BCUT2D eigenvalue weighted by molar-refractivity contribution is 5.20. The first-order valence-corrected chi connectivity index (χ1v) is 7.12. The van der Waals surface area contributed by atoms with Crippen molar-refractivity contribution < 1.29 is 0 Å². The minimum Gasteiger partial charge on any atom is -0.295 e. The molecule has 2 unspecified atom stereocenters. The number of rotatable bonds is 1. The van der Waals surface area contributed by atoms with Crippen LogP contribution in [0, 0.1) is 11.3 Å². The maximum atomic E-state index is 2.84. The minimum absolute atomic E-state index is 0.483. The lowest BCUT2D eigenvalue weighted by atomic mass is 9.75. The Hall–Kier alpha value is -0.0400. The summed E-state index contributed by atoms with van der Waals surface area (Å²) in [6, 6.07) is 0. The Morgan fingerprint density at radius 2 is 1.88 bits per heavy atom. The lowest BCUT2D eigenvalue weighted by molar-refractivity contribution is 0.0645. The van der Waals surface area contributed by atoms with Crippen LogP contribution in [0.15, 0.2) is 0 Å². The van der Waals surface area contributed by atoms with Crippen LogP contribution in [0.5, 0.6) is 0 Å². The average Bonchev–Trinajstić information content (AvgIpc) is 2.78. The van der Waals surface area contributed by atoms with Gasteiger partial charge in [-0.25, -0.2) is 0 Å². The molecule has 0 aromatic carbocycles. The second kappa shape index (κ2) is 3.04. The normalized spacial score (nSPS) is 41.6. The summed E-state index contributed by atoms with van der Waals surface area (Å²) >= 11 is 0. The maximum Gasteiger partial charge on any atom is 0.0245 e. The van der Waals surface area contributed by atoms with Gasteiger partial charge in [-0.05, 0) is 56.9 Å². The van der Waals surface area contributed by atoms with Gasteiger partial charge in [0.1, 0.15) is 0 Å². The van der Waals surface area contributed by atoms with E-state index >= 15 is 0 Å². The van der Waals surface area contributed by atoms with E-state index in [0.29, 0.717) is 16.5 Å². The van der Waals surface area contributed by atoms with Crippen LogP contribution in [-0.4, -0.2) is 23.0 Å². The van der Waals surface area contributed by atoms with Crippen molar-refractivity contribution in [3.8, 4) is 0 Å². The molecule has 0 aromatic rings. The fourth-order valence-electron chi connectivity index (χ4n) is 4.88. The molecule has 1 aliphatic heterocycles. The monoisotopic (exact) mass is 221 g/mol. The van der Waals surface area contributed by atoms with Crippen molar-refractivity contribution in [1.82, 2.24) is 4.90 Å². The van der Waals surface area contributed by atoms with Crippen molar-refractivity contribution in [3.05, 3.63) is 0 Å². The van der Waals surface area contributed by atoms with E-state index in [1.807, 2.05) is 0 Å². The summed E-state index contributed by atoms with van der Waals surface area (Å²) in [5.41, 5.74) is 1.72. The number of hydrogen-bond donors (Lipinski definition) is 0. The molecule has 2 saturated carbocycles. The Balaban J connectivity index is 1.90. The van der Waals surface area contributed by atoms with Gasteiger partial charge in [0.05, 0.1) is 0 Å². The largest absolute Gasteiger partial charge is 0.295 e. The van der Waals surface area contributed by atoms with Crippen LogP contribution in [-0.2, 0) is 0 Å². The van der Waals surface area contributed by atoms with Gasteiger partial charge in [-0.15, -0.1) is 0 Å². The maximum absolute atomic E-state index is 2.84. The molecule has 0 radical (unpaired) electrons. The van der Waals surface area contributed by atoms with Crippen LogP contribution >= 0.6 is 0 Å². The van der Waals surface area contributed by atoms with E-state index < -0.39 is 0 Å². The predicted octanol–water partition coefficient (Wildman–Crippen LogP) is 3.83. The molecule has 0 amide bonds. The highest BCUT2D eigenvalue weighted by atomic mass is 15.3. The molecule has 3 aliphatic rings. The van der Waals surface area contributed by atoms with Crippen molar-refractivity contribution in [3.63, 3.8) is 0 Å². The molecule has 3 rings (SSSR count). The van der Waals surface area contributed by atoms with Crippen molar-refractivity contribution in [1.29, 1.82) is 0 Å². The first kappa shape index (κ1) is 11.1. The van der Waals surface area contributed by atoms with Crippen LogP contribution in [0.4, 0.5) is 0 Å². The Bertz CT molecular complexity index is 297. The lowest BCUT2D eigenvalue weighted by Gasteiger charge is -2.43. The molecule has 0 N–H and O–H groups in total. The topological polar surface area (TPSA) is 3.24 Å². The summed E-state index contributed by atoms with van der Waals surface area (Å²) in [6.07, 6.45) is 10.3. The van der Waals surface area contributed by atoms with E-state index in [1.54, 1.807) is 0 Å². The number of fused-ring (bicyclic) bond motifs is 1. The molecule has 2 aliphatic carbocycles. The summed E-state index contributed by atoms with van der Waals surface area (Å²) in [6.45, 7) is 7.26. The second-order valence-electron chi connectivity index (χ2n) is 7.92. The predicted molar refractivity (Wildman–Crippen MR) is 68.5 cm³/mol. The number of nitrogens with zero attached hydrogens (tertiary/aromatic N) is 1. The van der Waals surface area contributed by atoms with E-state index in [4.69, 9.17) is 0 Å². The van der Waals surface area contributed by atoms with E-state index in [9.17, 15) is 0 Å². The highest BCUT2D eigenvalue weighted by Gasteiger charge is 2.64. The molecular weight excluding hydrogens is 194 g/mol. The SMILES string of the molecule is CN1C2(CC2)CC2CCCC21CC(C)(C)C. The Labute approximate surface area is 101 Å². The fourth-order valence-corrected chi connectivity index (χ4v) is 4.88. The molecule has 0 aromatic heterocycles. The summed E-state index contributed by atoms with van der Waals surface area (Å²) in [4.78, 5) is 2.84. The number of hydrogen-bond acceptors (Lipinski definition) is 1. The minimum atomic E-state index is 0.483. The standard InChI is InChI=1S/C15H27N/c1-13(2,3)11-15-7-5-6-12(15)10-14(8-9-14)16(15)4/h12H,5-11H2,1-4H3. The van der Waals surface area contributed by atoms with Gasteiger partial charge in [0.25, 0.3) is 0 Å². The molecule has 1 saturated heterocycles. The van der Waals surface area contributed by atoms with Crippen LogP contribution in [0.25, 0.3) is 0 Å². The van der Waals surface area contributed by atoms with Crippen molar-refractivity contribution >= 4 is 0 Å². The zero-order chi connectivity index (χ0) is 11.6. The van der Waals surface area contributed by atoms with Gasteiger partial charge >= 0.3 is 0 Å². The second-order valence-corrected chi connectivity index (χ2v) is 7.92. The third-order valence-corrected chi connectivity index (χ3v) is 5.59. The highest BCUT2D eigenvalue weighted by Crippen LogP contribution is 2.64. The fraction of sp³-hybridized carbons (Fsp3) is 1.00. The molecule has 0 bridgehead atoms. The van der Waals surface area contributed by atoms with Crippen LogP contribution < -0.4 is 0 Å². The smallest absolute Gasteiger partial charge is 0.0245 e. The van der Waals surface area contributed by atoms with E-state index in [0.717, 1.165) is 5.92 Å². The third kappa shape index (κ3) is 1.40. The summed E-state index contributed by atoms with van der Waals surface area (Å²) in [5.74, 6) is 1.01. The molecule has 1 nitrogen and oxygen atoms in total. The van der Waals surface area contributed by atoms with E-state index in [2.05, 4.69) is 32.7 Å². The third-order valence-electron chi connectivity index (χ3n) is 5.59. The van der Waals surface area contributed by atoms with Crippen molar-refractivity contribution in [2.75, 3.05) is 7.05 Å².